The van der Waals surface area contributed by atoms with E-state index in [1.54, 1.807) is 12.1 Å². The maximum absolute atomic E-state index is 7.69. The maximum Gasteiger partial charge on any atom is 0.154 e. The summed E-state index contributed by atoms with van der Waals surface area (Å²) in [5.74, 6) is 0.343. The molecule has 1 aromatic carbocycles. The van der Waals surface area contributed by atoms with Gasteiger partial charge in [-0.3, -0.25) is 5.41 Å². The highest BCUT2D eigenvalue weighted by atomic mass is 14.9. The fourth-order valence-electron chi connectivity index (χ4n) is 0.957. The van der Waals surface area contributed by atoms with Gasteiger partial charge in [-0.1, -0.05) is 49.6 Å². The standard InChI is InChI=1S/C12H13N3/c1-3-9(2)11(13)15-12(14)10-7-5-4-6-8-10/h3-8H,1-2H2,(H3,13,14,15). The summed E-state index contributed by atoms with van der Waals surface area (Å²) in [6, 6.07) is 9.17. The van der Waals surface area contributed by atoms with Crippen LogP contribution in [0.15, 0.2) is 60.1 Å². The fraction of sp³-hybridized carbons (Fsp3) is 0. The predicted octanol–water partition coefficient (Wildman–Crippen LogP) is 2.11. The average Bonchev–Trinajstić information content (AvgIpc) is 2.29. The lowest BCUT2D eigenvalue weighted by Crippen LogP contribution is -2.15. The summed E-state index contributed by atoms with van der Waals surface area (Å²) in [5.41, 5.74) is 6.85. The van der Waals surface area contributed by atoms with Gasteiger partial charge in [-0.15, -0.1) is 0 Å². The van der Waals surface area contributed by atoms with Crippen LogP contribution in [-0.2, 0) is 0 Å². The number of hydrogen-bond donors (Lipinski definition) is 2. The van der Waals surface area contributed by atoms with Crippen LogP contribution in [0.2, 0.25) is 0 Å². The van der Waals surface area contributed by atoms with Crippen molar-refractivity contribution in [3.8, 4) is 0 Å². The van der Waals surface area contributed by atoms with Crippen molar-refractivity contribution in [2.75, 3.05) is 0 Å². The molecule has 0 saturated carbocycles. The van der Waals surface area contributed by atoms with Crippen molar-refractivity contribution in [3.05, 3.63) is 60.7 Å². The molecular weight excluding hydrogens is 186 g/mol. The van der Waals surface area contributed by atoms with Gasteiger partial charge in [0.05, 0.1) is 0 Å². The van der Waals surface area contributed by atoms with Crippen molar-refractivity contribution >= 4 is 11.7 Å². The first-order valence-corrected chi connectivity index (χ1v) is 4.45. The molecule has 0 aliphatic heterocycles. The third kappa shape index (κ3) is 2.91. The summed E-state index contributed by atoms with van der Waals surface area (Å²) < 4.78 is 0. The second-order valence-corrected chi connectivity index (χ2v) is 2.94. The number of amidine groups is 2. The Bertz CT molecular complexity index is 416. The Morgan fingerprint density at radius 2 is 1.93 bits per heavy atom. The lowest BCUT2D eigenvalue weighted by molar-refractivity contribution is 1.40. The molecule has 0 radical (unpaired) electrons. The molecule has 0 fully saturated rings. The van der Waals surface area contributed by atoms with Gasteiger partial charge in [0.2, 0.25) is 0 Å². The van der Waals surface area contributed by atoms with E-state index in [1.807, 2.05) is 18.2 Å². The molecule has 0 heterocycles. The largest absolute Gasteiger partial charge is 0.383 e. The molecule has 3 N–H and O–H groups in total. The Morgan fingerprint density at radius 1 is 1.33 bits per heavy atom. The highest BCUT2D eigenvalue weighted by Crippen LogP contribution is 2.02. The summed E-state index contributed by atoms with van der Waals surface area (Å²) in [4.78, 5) is 3.92. The SMILES string of the molecule is C=CC(=C)C(N)=NC(=N)c1ccccc1. The van der Waals surface area contributed by atoms with E-state index in [4.69, 9.17) is 11.1 Å². The van der Waals surface area contributed by atoms with Gasteiger partial charge in [0.25, 0.3) is 0 Å². The minimum absolute atomic E-state index is 0.121. The summed E-state index contributed by atoms with van der Waals surface area (Å²) in [6.07, 6.45) is 1.51. The van der Waals surface area contributed by atoms with Gasteiger partial charge >= 0.3 is 0 Å². The fourth-order valence-corrected chi connectivity index (χ4v) is 0.957. The van der Waals surface area contributed by atoms with Crippen LogP contribution in [-0.4, -0.2) is 11.7 Å². The maximum atomic E-state index is 7.69. The van der Waals surface area contributed by atoms with Crippen LogP contribution in [0.1, 0.15) is 5.56 Å². The predicted molar refractivity (Wildman–Crippen MR) is 64.2 cm³/mol. The average molecular weight is 199 g/mol. The van der Waals surface area contributed by atoms with Gasteiger partial charge in [-0.2, -0.15) is 0 Å². The van der Waals surface area contributed by atoms with E-state index < -0.39 is 0 Å². The van der Waals surface area contributed by atoms with Crippen LogP contribution in [0.4, 0.5) is 0 Å². The first-order valence-electron chi connectivity index (χ1n) is 4.45. The lowest BCUT2D eigenvalue weighted by atomic mass is 10.2. The van der Waals surface area contributed by atoms with Crippen LogP contribution >= 0.6 is 0 Å². The molecule has 3 heteroatoms. The molecule has 0 aromatic heterocycles. The Labute approximate surface area is 89.2 Å². The molecule has 76 valence electrons. The number of nitrogens with two attached hydrogens (primary N) is 1. The van der Waals surface area contributed by atoms with E-state index in [9.17, 15) is 0 Å². The molecule has 0 saturated heterocycles. The first-order chi connectivity index (χ1) is 7.15. The number of nitrogens with zero attached hydrogens (tertiary/aromatic N) is 1. The summed E-state index contributed by atoms with van der Waals surface area (Å²) in [7, 11) is 0. The number of benzene rings is 1. The minimum Gasteiger partial charge on any atom is -0.383 e. The number of nitrogens with one attached hydrogen (secondary N) is 1. The molecule has 0 amide bonds. The summed E-state index contributed by atoms with van der Waals surface area (Å²) in [6.45, 7) is 7.18. The molecule has 1 aromatic rings. The Hall–Kier alpha value is -2.16. The third-order valence-electron chi connectivity index (χ3n) is 1.85. The third-order valence-corrected chi connectivity index (χ3v) is 1.85. The zero-order valence-electron chi connectivity index (χ0n) is 8.40. The van der Waals surface area contributed by atoms with Gasteiger partial charge in [-0.05, 0) is 0 Å². The molecule has 0 spiro atoms. The van der Waals surface area contributed by atoms with Crippen LogP contribution in [0, 0.1) is 5.41 Å². The van der Waals surface area contributed by atoms with E-state index in [0.717, 1.165) is 5.56 Å². The molecular formula is C12H13N3. The smallest absolute Gasteiger partial charge is 0.154 e. The number of aliphatic imine (C=N–C) groups is 1. The van der Waals surface area contributed by atoms with Gasteiger partial charge in [-0.25, -0.2) is 4.99 Å². The summed E-state index contributed by atoms with van der Waals surface area (Å²) >= 11 is 0. The highest BCUT2D eigenvalue weighted by Gasteiger charge is 2.00. The first kappa shape index (κ1) is 10.9. The Morgan fingerprint density at radius 3 is 2.47 bits per heavy atom. The number of hydrogen-bond acceptors (Lipinski definition) is 1. The van der Waals surface area contributed by atoms with Crippen molar-refractivity contribution < 1.29 is 0 Å². The van der Waals surface area contributed by atoms with Crippen LogP contribution in [0.5, 0.6) is 0 Å². The van der Waals surface area contributed by atoms with Crippen LogP contribution < -0.4 is 5.73 Å². The van der Waals surface area contributed by atoms with E-state index in [2.05, 4.69) is 18.2 Å². The molecule has 0 atom stereocenters. The molecule has 0 aliphatic carbocycles. The molecule has 0 bridgehead atoms. The Kier molecular flexibility index (Phi) is 3.57. The van der Waals surface area contributed by atoms with Crippen molar-refractivity contribution in [2.24, 2.45) is 10.7 Å². The minimum atomic E-state index is 0.121. The van der Waals surface area contributed by atoms with Crippen molar-refractivity contribution in [3.63, 3.8) is 0 Å². The molecule has 0 aliphatic rings. The highest BCUT2D eigenvalue weighted by molar-refractivity contribution is 6.10. The molecule has 3 nitrogen and oxygen atoms in total. The van der Waals surface area contributed by atoms with E-state index >= 15 is 0 Å². The topological polar surface area (TPSA) is 62.2 Å². The van der Waals surface area contributed by atoms with Crippen LogP contribution in [0.25, 0.3) is 0 Å². The zero-order chi connectivity index (χ0) is 11.3. The lowest BCUT2D eigenvalue weighted by Gasteiger charge is -2.01. The van der Waals surface area contributed by atoms with Gasteiger partial charge in [0.15, 0.2) is 5.84 Å². The van der Waals surface area contributed by atoms with Crippen molar-refractivity contribution in [2.45, 2.75) is 0 Å². The van der Waals surface area contributed by atoms with Gasteiger partial charge in [0, 0.05) is 11.1 Å². The van der Waals surface area contributed by atoms with Crippen molar-refractivity contribution in [1.82, 2.24) is 0 Å². The van der Waals surface area contributed by atoms with Gasteiger partial charge in [0.1, 0.15) is 5.84 Å². The summed E-state index contributed by atoms with van der Waals surface area (Å²) in [5, 5.41) is 7.69. The number of rotatable bonds is 3. The second-order valence-electron chi connectivity index (χ2n) is 2.94. The quantitative estimate of drug-likeness (QED) is 0.437. The van der Waals surface area contributed by atoms with Crippen molar-refractivity contribution in [1.29, 1.82) is 5.41 Å². The molecule has 0 unspecified atom stereocenters. The monoisotopic (exact) mass is 199 g/mol. The van der Waals surface area contributed by atoms with E-state index in [0.29, 0.717) is 5.57 Å². The molecule has 15 heavy (non-hydrogen) atoms. The van der Waals surface area contributed by atoms with E-state index in [1.165, 1.54) is 6.08 Å². The Balaban J connectivity index is 2.89. The molecule has 1 rings (SSSR count). The normalized spacial score (nSPS) is 10.8. The van der Waals surface area contributed by atoms with Crippen LogP contribution in [0.3, 0.4) is 0 Å². The zero-order valence-corrected chi connectivity index (χ0v) is 8.40. The second kappa shape index (κ2) is 4.91. The van der Waals surface area contributed by atoms with Gasteiger partial charge < -0.3 is 5.73 Å². The van der Waals surface area contributed by atoms with E-state index in [-0.39, 0.29) is 11.7 Å².